The van der Waals surface area contributed by atoms with Gasteiger partial charge in [-0.05, 0) is 19.9 Å². The molecule has 2 aromatic heterocycles. The van der Waals surface area contributed by atoms with Gasteiger partial charge in [-0.25, -0.2) is 8.42 Å². The van der Waals surface area contributed by atoms with E-state index in [0.717, 1.165) is 5.56 Å². The first-order chi connectivity index (χ1) is 15.3. The lowest BCUT2D eigenvalue weighted by atomic mass is 10.1. The Morgan fingerprint density at radius 2 is 2.03 bits per heavy atom. The van der Waals surface area contributed by atoms with Gasteiger partial charge in [0.2, 0.25) is 11.8 Å². The van der Waals surface area contributed by atoms with Crippen LogP contribution in [-0.2, 0) is 21.2 Å². The fraction of sp³-hybridized carbons (Fsp3) is 0.429. The summed E-state index contributed by atoms with van der Waals surface area (Å²) in [7, 11) is -3.04. The van der Waals surface area contributed by atoms with E-state index in [1.807, 2.05) is 42.2 Å². The van der Waals surface area contributed by atoms with Crippen LogP contribution in [0.25, 0.3) is 22.7 Å². The minimum Gasteiger partial charge on any atom is -0.419 e. The van der Waals surface area contributed by atoms with Crippen molar-refractivity contribution in [3.05, 3.63) is 42.0 Å². The number of aromatic nitrogens is 3. The Kier molecular flexibility index (Phi) is 6.38. The van der Waals surface area contributed by atoms with Crippen molar-refractivity contribution in [3.63, 3.8) is 0 Å². The molecule has 0 bridgehead atoms. The normalized spacial score (nSPS) is 17.7. The van der Waals surface area contributed by atoms with Crippen LogP contribution in [0.3, 0.4) is 0 Å². The van der Waals surface area contributed by atoms with Crippen LogP contribution in [-0.4, -0.2) is 65.2 Å². The molecule has 3 aromatic rings. The Labute approximate surface area is 185 Å². The lowest BCUT2D eigenvalue weighted by Gasteiger charge is -2.19. The number of hydrogen-bond acceptors (Lipinski definition) is 9. The standard InChI is InChI=1S/C21H25N5O5S/c1-3-26(11-17(27)22-16-9-10-32(28,29)13-16)12-18-23-24-21(30-18)19-14(2)31-25-20(19)15-7-5-4-6-8-15/h4-8,16H,3,9-13H2,1-2H3,(H,22,27)/t16-/m1/s1. The minimum absolute atomic E-state index is 0.000279. The number of sulfone groups is 1. The molecule has 0 aliphatic carbocycles. The Morgan fingerprint density at radius 1 is 1.25 bits per heavy atom. The van der Waals surface area contributed by atoms with Crippen LogP contribution in [0.5, 0.6) is 0 Å². The molecule has 0 radical (unpaired) electrons. The number of carbonyl (C=O) groups excluding carboxylic acids is 1. The summed E-state index contributed by atoms with van der Waals surface area (Å²) in [6.45, 7) is 4.67. The van der Waals surface area contributed by atoms with Gasteiger partial charge in [0.15, 0.2) is 9.84 Å². The van der Waals surface area contributed by atoms with Crippen molar-refractivity contribution in [2.24, 2.45) is 0 Å². The number of rotatable bonds is 8. The van der Waals surface area contributed by atoms with E-state index < -0.39 is 9.84 Å². The van der Waals surface area contributed by atoms with Crippen molar-refractivity contribution in [2.75, 3.05) is 24.6 Å². The van der Waals surface area contributed by atoms with Crippen molar-refractivity contribution in [1.82, 2.24) is 25.6 Å². The van der Waals surface area contributed by atoms with E-state index in [0.29, 0.717) is 41.8 Å². The number of carbonyl (C=O) groups is 1. The third kappa shape index (κ3) is 5.05. The number of aryl methyl sites for hydroxylation is 1. The lowest BCUT2D eigenvalue weighted by Crippen LogP contribution is -2.42. The Bertz CT molecular complexity index is 1190. The molecule has 1 atom stereocenters. The zero-order valence-electron chi connectivity index (χ0n) is 17.9. The Balaban J connectivity index is 1.43. The van der Waals surface area contributed by atoms with Gasteiger partial charge >= 0.3 is 0 Å². The summed E-state index contributed by atoms with van der Waals surface area (Å²) in [5.41, 5.74) is 2.13. The number of hydrogen-bond donors (Lipinski definition) is 1. The van der Waals surface area contributed by atoms with E-state index in [4.69, 9.17) is 8.94 Å². The molecule has 0 spiro atoms. The molecule has 1 saturated heterocycles. The minimum atomic E-state index is -3.04. The molecule has 1 amide bonds. The number of nitrogens with one attached hydrogen (secondary N) is 1. The smallest absolute Gasteiger partial charge is 0.253 e. The molecular formula is C21H25N5O5S. The Morgan fingerprint density at radius 3 is 2.72 bits per heavy atom. The predicted octanol–water partition coefficient (Wildman–Crippen LogP) is 1.83. The van der Waals surface area contributed by atoms with Gasteiger partial charge in [0.05, 0.1) is 24.6 Å². The van der Waals surface area contributed by atoms with Gasteiger partial charge in [0.25, 0.3) is 5.89 Å². The SMILES string of the molecule is CCN(CC(=O)N[C@@H]1CCS(=O)(=O)C1)Cc1nnc(-c2c(-c3ccccc3)noc2C)o1. The molecule has 10 nitrogen and oxygen atoms in total. The average Bonchev–Trinajstić information content (AvgIpc) is 3.46. The second kappa shape index (κ2) is 9.21. The predicted molar refractivity (Wildman–Crippen MR) is 116 cm³/mol. The van der Waals surface area contributed by atoms with E-state index in [1.54, 1.807) is 6.92 Å². The molecule has 1 aromatic carbocycles. The maximum absolute atomic E-state index is 12.4. The van der Waals surface area contributed by atoms with Gasteiger partial charge in [0.1, 0.15) is 17.0 Å². The van der Waals surface area contributed by atoms with E-state index >= 15 is 0 Å². The van der Waals surface area contributed by atoms with Crippen LogP contribution < -0.4 is 5.32 Å². The summed E-state index contributed by atoms with van der Waals surface area (Å²) >= 11 is 0. The third-order valence-electron chi connectivity index (χ3n) is 5.36. The zero-order valence-corrected chi connectivity index (χ0v) is 18.8. The number of amides is 1. The molecular weight excluding hydrogens is 434 g/mol. The summed E-state index contributed by atoms with van der Waals surface area (Å²) in [6, 6.07) is 9.26. The highest BCUT2D eigenvalue weighted by atomic mass is 32.2. The summed E-state index contributed by atoms with van der Waals surface area (Å²) < 4.78 is 34.4. The molecule has 1 aliphatic rings. The van der Waals surface area contributed by atoms with Crippen LogP contribution in [0.2, 0.25) is 0 Å². The number of benzene rings is 1. The molecule has 4 rings (SSSR count). The number of nitrogens with zero attached hydrogens (tertiary/aromatic N) is 4. The van der Waals surface area contributed by atoms with Crippen LogP contribution >= 0.6 is 0 Å². The molecule has 3 heterocycles. The highest BCUT2D eigenvalue weighted by Gasteiger charge is 2.29. The van der Waals surface area contributed by atoms with Crippen LogP contribution in [0.1, 0.15) is 25.0 Å². The molecule has 32 heavy (non-hydrogen) atoms. The van der Waals surface area contributed by atoms with Gasteiger partial charge in [-0.3, -0.25) is 9.69 Å². The summed E-state index contributed by atoms with van der Waals surface area (Å²) in [5, 5.41) is 15.2. The maximum atomic E-state index is 12.4. The molecule has 170 valence electrons. The molecule has 0 saturated carbocycles. The van der Waals surface area contributed by atoms with Crippen LogP contribution in [0, 0.1) is 6.92 Å². The zero-order chi connectivity index (χ0) is 22.7. The molecule has 1 N–H and O–H groups in total. The first kappa shape index (κ1) is 22.2. The van der Waals surface area contributed by atoms with Crippen LogP contribution in [0.15, 0.2) is 39.3 Å². The van der Waals surface area contributed by atoms with Crippen molar-refractivity contribution in [1.29, 1.82) is 0 Å². The Hall–Kier alpha value is -3.05. The van der Waals surface area contributed by atoms with E-state index in [-0.39, 0.29) is 36.5 Å². The second-order valence-electron chi connectivity index (χ2n) is 7.80. The summed E-state index contributed by atoms with van der Waals surface area (Å²) in [6.07, 6.45) is 0.453. The second-order valence-corrected chi connectivity index (χ2v) is 10.0. The van der Waals surface area contributed by atoms with Gasteiger partial charge in [0, 0.05) is 11.6 Å². The number of likely N-dealkylation sites (N-methyl/N-ethyl adjacent to an activating group) is 1. The first-order valence-electron chi connectivity index (χ1n) is 10.4. The van der Waals surface area contributed by atoms with Gasteiger partial charge in [-0.2, -0.15) is 0 Å². The van der Waals surface area contributed by atoms with Crippen LogP contribution in [0.4, 0.5) is 0 Å². The highest BCUT2D eigenvalue weighted by Crippen LogP contribution is 2.33. The van der Waals surface area contributed by atoms with Gasteiger partial charge in [-0.1, -0.05) is 42.4 Å². The molecule has 0 unspecified atom stereocenters. The van der Waals surface area contributed by atoms with Crippen molar-refractivity contribution >= 4 is 15.7 Å². The van der Waals surface area contributed by atoms with E-state index in [2.05, 4.69) is 20.7 Å². The fourth-order valence-corrected chi connectivity index (χ4v) is 5.36. The monoisotopic (exact) mass is 459 g/mol. The van der Waals surface area contributed by atoms with Gasteiger partial charge < -0.3 is 14.3 Å². The largest absolute Gasteiger partial charge is 0.419 e. The van der Waals surface area contributed by atoms with Crippen molar-refractivity contribution in [3.8, 4) is 22.7 Å². The summed E-state index contributed by atoms with van der Waals surface area (Å²) in [5.74, 6) is 1.12. The van der Waals surface area contributed by atoms with Gasteiger partial charge in [-0.15, -0.1) is 10.2 Å². The average molecular weight is 460 g/mol. The fourth-order valence-electron chi connectivity index (χ4n) is 3.69. The summed E-state index contributed by atoms with van der Waals surface area (Å²) in [4.78, 5) is 14.2. The topological polar surface area (TPSA) is 131 Å². The quantitative estimate of drug-likeness (QED) is 0.536. The first-order valence-corrected chi connectivity index (χ1v) is 12.2. The molecule has 1 aliphatic heterocycles. The van der Waals surface area contributed by atoms with Crippen molar-refractivity contribution < 1.29 is 22.2 Å². The van der Waals surface area contributed by atoms with Crippen molar-refractivity contribution in [2.45, 2.75) is 32.9 Å². The lowest BCUT2D eigenvalue weighted by molar-refractivity contribution is -0.122. The van der Waals surface area contributed by atoms with E-state index in [9.17, 15) is 13.2 Å². The third-order valence-corrected chi connectivity index (χ3v) is 7.13. The molecule has 1 fully saturated rings. The highest BCUT2D eigenvalue weighted by molar-refractivity contribution is 7.91. The maximum Gasteiger partial charge on any atom is 0.253 e. The molecule has 11 heteroatoms. The van der Waals surface area contributed by atoms with E-state index in [1.165, 1.54) is 0 Å².